The Kier molecular flexibility index (Phi) is 8.08. The second-order valence-corrected chi connectivity index (χ2v) is 8.26. The summed E-state index contributed by atoms with van der Waals surface area (Å²) in [4.78, 5) is 38.7. The lowest BCUT2D eigenvalue weighted by molar-refractivity contribution is -0.138. The van der Waals surface area contributed by atoms with Crippen LogP contribution < -0.4 is 16.0 Å². The molecule has 1 aromatic carbocycles. The number of morpholine rings is 1. The van der Waals surface area contributed by atoms with Crippen LogP contribution in [0.25, 0.3) is 0 Å². The van der Waals surface area contributed by atoms with E-state index in [-0.39, 0.29) is 37.9 Å². The van der Waals surface area contributed by atoms with E-state index in [1.807, 2.05) is 0 Å². The van der Waals surface area contributed by atoms with Gasteiger partial charge in [0.15, 0.2) is 6.04 Å². The van der Waals surface area contributed by atoms with Gasteiger partial charge in [0.05, 0.1) is 24.4 Å². The highest BCUT2D eigenvalue weighted by Crippen LogP contribution is 2.39. The maximum Gasteiger partial charge on any atom is 0.418 e. The second kappa shape index (κ2) is 10.6. The van der Waals surface area contributed by atoms with Crippen LogP contribution in [0.2, 0.25) is 0 Å². The molecule has 13 heteroatoms. The van der Waals surface area contributed by atoms with Crippen LogP contribution in [0.1, 0.15) is 24.8 Å². The van der Waals surface area contributed by atoms with Gasteiger partial charge < -0.3 is 20.7 Å². The normalized spacial score (nSPS) is 18.2. The number of rotatable bonds is 9. The number of benzene rings is 1. The van der Waals surface area contributed by atoms with E-state index in [0.29, 0.717) is 6.07 Å². The summed E-state index contributed by atoms with van der Waals surface area (Å²) in [6.45, 7) is -1.23. The number of nitrogens with one attached hydrogen (secondary N) is 1. The predicted octanol–water partition coefficient (Wildman–Crippen LogP) is 2.23. The first-order chi connectivity index (χ1) is 16.0. The van der Waals surface area contributed by atoms with Crippen LogP contribution in [0.3, 0.4) is 0 Å². The number of carbonyl (C=O) groups excluding carboxylic acids is 3. The molecule has 3 N–H and O–H groups in total. The maximum atomic E-state index is 13.7. The molecule has 3 rings (SSSR count). The zero-order valence-corrected chi connectivity index (χ0v) is 18.1. The molecule has 8 nitrogen and oxygen atoms in total. The predicted molar refractivity (Wildman–Crippen MR) is 111 cm³/mol. The highest BCUT2D eigenvalue weighted by Gasteiger charge is 2.38. The Labute approximate surface area is 192 Å². The molecular formula is C21H25F5N4O4. The Bertz CT molecular complexity index is 923. The highest BCUT2D eigenvalue weighted by atomic mass is 19.4. The molecule has 1 atom stereocenters. The molecular weight excluding hydrogens is 467 g/mol. The molecule has 0 unspecified atom stereocenters. The van der Waals surface area contributed by atoms with Crippen molar-refractivity contribution < 1.29 is 41.1 Å². The Morgan fingerprint density at radius 3 is 2.50 bits per heavy atom. The minimum Gasteiger partial charge on any atom is -0.370 e. The molecule has 1 saturated heterocycles. The van der Waals surface area contributed by atoms with Crippen molar-refractivity contribution in [3.8, 4) is 0 Å². The van der Waals surface area contributed by atoms with Crippen LogP contribution in [-0.2, 0) is 25.3 Å². The average Bonchev–Trinajstić information content (AvgIpc) is 2.70. The number of alkyl halides is 5. The molecule has 0 bridgehead atoms. The van der Waals surface area contributed by atoms with Crippen molar-refractivity contribution in [3.05, 3.63) is 23.8 Å². The summed E-state index contributed by atoms with van der Waals surface area (Å²) in [5.74, 6) is -2.93. The molecule has 3 amide bonds. The molecule has 188 valence electrons. The minimum atomic E-state index is -4.87. The third-order valence-corrected chi connectivity index (χ3v) is 5.82. The zero-order valence-electron chi connectivity index (χ0n) is 18.1. The Hall–Kier alpha value is -2.80. The van der Waals surface area contributed by atoms with E-state index in [9.17, 15) is 36.3 Å². The van der Waals surface area contributed by atoms with E-state index in [2.05, 4.69) is 5.32 Å². The van der Waals surface area contributed by atoms with Crippen LogP contribution in [0, 0.1) is 5.92 Å². The molecule has 1 heterocycles. The van der Waals surface area contributed by atoms with E-state index in [1.165, 1.54) is 0 Å². The Balaban J connectivity index is 1.86. The van der Waals surface area contributed by atoms with Gasteiger partial charge in [-0.1, -0.05) is 6.42 Å². The van der Waals surface area contributed by atoms with Crippen LogP contribution in [0.4, 0.5) is 33.3 Å². The number of carbonyl (C=O) groups is 3. The lowest BCUT2D eigenvalue weighted by Crippen LogP contribution is -2.55. The van der Waals surface area contributed by atoms with Crippen molar-refractivity contribution in [1.82, 2.24) is 4.90 Å². The van der Waals surface area contributed by atoms with Gasteiger partial charge in [-0.25, -0.2) is 8.78 Å². The summed E-state index contributed by atoms with van der Waals surface area (Å²) >= 11 is 0. The number of ether oxygens (including phenoxy) is 1. The highest BCUT2D eigenvalue weighted by molar-refractivity contribution is 6.09. The van der Waals surface area contributed by atoms with Crippen molar-refractivity contribution in [2.75, 3.05) is 43.1 Å². The number of nitrogens with two attached hydrogens (primary N) is 1. The summed E-state index contributed by atoms with van der Waals surface area (Å²) in [5.41, 5.74) is 3.40. The van der Waals surface area contributed by atoms with Crippen LogP contribution >= 0.6 is 0 Å². The van der Waals surface area contributed by atoms with Gasteiger partial charge in [0.1, 0.15) is 6.61 Å². The van der Waals surface area contributed by atoms with Crippen molar-refractivity contribution in [2.24, 2.45) is 11.7 Å². The number of anilines is 2. The van der Waals surface area contributed by atoms with E-state index in [1.54, 1.807) is 0 Å². The van der Waals surface area contributed by atoms with Crippen LogP contribution in [0.5, 0.6) is 0 Å². The largest absolute Gasteiger partial charge is 0.418 e. The van der Waals surface area contributed by atoms with E-state index in [0.717, 1.165) is 41.2 Å². The van der Waals surface area contributed by atoms with E-state index >= 15 is 0 Å². The molecule has 1 saturated carbocycles. The molecule has 2 aliphatic rings. The van der Waals surface area contributed by atoms with Gasteiger partial charge in [-0.3, -0.25) is 19.3 Å². The summed E-state index contributed by atoms with van der Waals surface area (Å²) in [6.07, 6.45) is -5.31. The van der Waals surface area contributed by atoms with Gasteiger partial charge in [-0.2, -0.15) is 13.2 Å². The number of halogens is 5. The Morgan fingerprint density at radius 1 is 1.26 bits per heavy atom. The SMILES string of the molecule is NC(=O)[C@@H](C(=O)Nc1ccc(N2CCOCC2=O)c(C(F)(F)F)c1)N(CC(F)F)CC1CCC1. The van der Waals surface area contributed by atoms with Gasteiger partial charge in [0.25, 0.3) is 18.2 Å². The number of hydrogen-bond donors (Lipinski definition) is 2. The number of hydrogen-bond acceptors (Lipinski definition) is 5. The summed E-state index contributed by atoms with van der Waals surface area (Å²) < 4.78 is 72.4. The number of nitrogens with zero attached hydrogens (tertiary/aromatic N) is 2. The molecule has 34 heavy (non-hydrogen) atoms. The van der Waals surface area contributed by atoms with Gasteiger partial charge >= 0.3 is 6.18 Å². The number of amides is 3. The topological polar surface area (TPSA) is 105 Å². The molecule has 1 aliphatic heterocycles. The van der Waals surface area contributed by atoms with Crippen LogP contribution in [-0.4, -0.2) is 67.9 Å². The fourth-order valence-electron chi connectivity index (χ4n) is 4.00. The average molecular weight is 492 g/mol. The van der Waals surface area contributed by atoms with E-state index in [4.69, 9.17) is 10.5 Å². The third kappa shape index (κ3) is 6.20. The van der Waals surface area contributed by atoms with Gasteiger partial charge in [0.2, 0.25) is 5.91 Å². The zero-order chi connectivity index (χ0) is 25.0. The second-order valence-electron chi connectivity index (χ2n) is 8.26. The van der Waals surface area contributed by atoms with Gasteiger partial charge in [0, 0.05) is 18.8 Å². The number of primary amides is 1. The lowest BCUT2D eigenvalue weighted by atomic mass is 9.85. The van der Waals surface area contributed by atoms with Crippen molar-refractivity contribution in [2.45, 2.75) is 37.9 Å². The standard InChI is InChI=1S/C21H25F5N4O4/c22-16(23)10-29(9-12-2-1-3-12)18(19(27)32)20(33)28-13-4-5-15(14(8-13)21(24,25)26)30-6-7-34-11-17(30)31/h4-5,8,12,16,18H,1-3,6-7,9-11H2,(H2,27,32)(H,28,33)/t18-/m0/s1. The molecule has 0 aromatic heterocycles. The quantitative estimate of drug-likeness (QED) is 0.407. The third-order valence-electron chi connectivity index (χ3n) is 5.82. The van der Waals surface area contributed by atoms with E-state index < -0.39 is 54.2 Å². The first kappa shape index (κ1) is 25.8. The molecule has 2 fully saturated rings. The molecule has 0 spiro atoms. The first-order valence-electron chi connectivity index (χ1n) is 10.7. The molecule has 1 aromatic rings. The molecule has 1 aliphatic carbocycles. The molecule has 0 radical (unpaired) electrons. The van der Waals surface area contributed by atoms with Crippen LogP contribution in [0.15, 0.2) is 18.2 Å². The summed E-state index contributed by atoms with van der Waals surface area (Å²) in [5, 5.41) is 2.19. The van der Waals surface area contributed by atoms with Gasteiger partial charge in [-0.15, -0.1) is 0 Å². The van der Waals surface area contributed by atoms with Crippen molar-refractivity contribution in [1.29, 1.82) is 0 Å². The fraction of sp³-hybridized carbons (Fsp3) is 0.571. The minimum absolute atomic E-state index is 0.0237. The summed E-state index contributed by atoms with van der Waals surface area (Å²) in [6, 6.07) is 0.987. The smallest absolute Gasteiger partial charge is 0.370 e. The fourth-order valence-corrected chi connectivity index (χ4v) is 4.00. The summed E-state index contributed by atoms with van der Waals surface area (Å²) in [7, 11) is 0. The lowest BCUT2D eigenvalue weighted by Gasteiger charge is -2.35. The van der Waals surface area contributed by atoms with Crippen molar-refractivity contribution in [3.63, 3.8) is 0 Å². The monoisotopic (exact) mass is 492 g/mol. The maximum absolute atomic E-state index is 13.7. The first-order valence-corrected chi connectivity index (χ1v) is 10.7. The van der Waals surface area contributed by atoms with Crippen molar-refractivity contribution >= 4 is 29.1 Å². The van der Waals surface area contributed by atoms with Gasteiger partial charge in [-0.05, 0) is 37.0 Å². The Morgan fingerprint density at radius 2 is 1.97 bits per heavy atom.